The van der Waals surface area contributed by atoms with E-state index in [-0.39, 0.29) is 16.6 Å². The first-order chi connectivity index (χ1) is 9.69. The predicted molar refractivity (Wildman–Crippen MR) is 86.6 cm³/mol. The number of hydrogen-bond donors (Lipinski definition) is 0. The number of amides is 1. The number of carbonyl (C=O) groups is 2. The second-order valence-electron chi connectivity index (χ2n) is 6.15. The average molecular weight is 309 g/mol. The highest BCUT2D eigenvalue weighted by Crippen LogP contribution is 2.19. The molecule has 0 aromatic heterocycles. The Kier molecular flexibility index (Phi) is 6.09. The lowest BCUT2D eigenvalue weighted by Crippen LogP contribution is -2.19. The van der Waals surface area contributed by atoms with Crippen LogP contribution in [0.4, 0.5) is 5.69 Å². The zero-order chi connectivity index (χ0) is 16.0. The Morgan fingerprint density at radius 2 is 1.86 bits per heavy atom. The van der Waals surface area contributed by atoms with E-state index in [4.69, 9.17) is 11.6 Å². The summed E-state index contributed by atoms with van der Waals surface area (Å²) in [7, 11) is 0. The van der Waals surface area contributed by atoms with Gasteiger partial charge in [-0.1, -0.05) is 39.0 Å². The van der Waals surface area contributed by atoms with Crippen LogP contribution in [0.15, 0.2) is 35.4 Å². The molecule has 1 aromatic carbocycles. The Balaban J connectivity index is 0.000000240. The van der Waals surface area contributed by atoms with Gasteiger partial charge in [-0.05, 0) is 36.1 Å². The third-order valence-corrected chi connectivity index (χ3v) is 2.72. The van der Waals surface area contributed by atoms with Crippen LogP contribution in [-0.4, -0.2) is 16.9 Å². The molecule has 1 heterocycles. The van der Waals surface area contributed by atoms with Crippen LogP contribution in [0.2, 0.25) is 0 Å². The van der Waals surface area contributed by atoms with Gasteiger partial charge in [-0.3, -0.25) is 9.59 Å². The lowest BCUT2D eigenvalue weighted by Gasteiger charge is -2.13. The maximum Gasteiger partial charge on any atom is 0.253 e. The molecule has 4 nitrogen and oxygen atoms in total. The van der Waals surface area contributed by atoms with E-state index in [2.05, 4.69) is 5.10 Å². The molecule has 0 bridgehead atoms. The molecule has 0 aliphatic carbocycles. The van der Waals surface area contributed by atoms with E-state index in [1.165, 1.54) is 5.01 Å². The van der Waals surface area contributed by atoms with Gasteiger partial charge >= 0.3 is 0 Å². The van der Waals surface area contributed by atoms with Crippen molar-refractivity contribution in [3.8, 4) is 0 Å². The molecule has 1 amide bonds. The highest BCUT2D eigenvalue weighted by atomic mass is 35.5. The van der Waals surface area contributed by atoms with Crippen LogP contribution in [0.1, 0.15) is 40.5 Å². The monoisotopic (exact) mass is 308 g/mol. The molecule has 0 spiro atoms. The Bertz CT molecular complexity index is 533. The van der Waals surface area contributed by atoms with Crippen molar-refractivity contribution in [3.63, 3.8) is 0 Å². The van der Waals surface area contributed by atoms with Gasteiger partial charge in [0.1, 0.15) is 0 Å². The van der Waals surface area contributed by atoms with Crippen molar-refractivity contribution in [1.29, 1.82) is 0 Å². The summed E-state index contributed by atoms with van der Waals surface area (Å²) in [6.07, 6.45) is 0.892. The number of benzene rings is 1. The van der Waals surface area contributed by atoms with Gasteiger partial charge in [-0.15, -0.1) is 0 Å². The van der Waals surface area contributed by atoms with Crippen molar-refractivity contribution in [2.24, 2.45) is 10.5 Å². The van der Waals surface area contributed by atoms with Gasteiger partial charge < -0.3 is 0 Å². The molecule has 0 atom stereocenters. The van der Waals surface area contributed by atoms with Gasteiger partial charge in [0, 0.05) is 12.1 Å². The molecule has 0 saturated carbocycles. The van der Waals surface area contributed by atoms with Gasteiger partial charge in [0.05, 0.1) is 12.1 Å². The molecular weight excluding hydrogens is 288 g/mol. The van der Waals surface area contributed by atoms with Crippen molar-refractivity contribution in [1.82, 2.24) is 0 Å². The Labute approximate surface area is 130 Å². The van der Waals surface area contributed by atoms with Gasteiger partial charge in [0.15, 0.2) is 0 Å². The van der Waals surface area contributed by atoms with Gasteiger partial charge in [-0.25, -0.2) is 5.01 Å². The second-order valence-corrected chi connectivity index (χ2v) is 6.57. The minimum absolute atomic E-state index is 0.0405. The normalized spacial score (nSPS) is 14.4. The number of anilines is 1. The van der Waals surface area contributed by atoms with E-state index < -0.39 is 0 Å². The molecule has 0 unspecified atom stereocenters. The van der Waals surface area contributed by atoms with E-state index in [9.17, 15) is 9.59 Å². The largest absolute Gasteiger partial charge is 0.281 e. The number of nitrogens with zero attached hydrogens (tertiary/aromatic N) is 2. The SMILES string of the molecule is CC(C)(C)CC(=O)Cl.CC1=NN(c2ccccc2)C(=O)C1. The highest BCUT2D eigenvalue weighted by Gasteiger charge is 2.21. The van der Waals surface area contributed by atoms with Gasteiger partial charge in [0.25, 0.3) is 5.91 Å². The van der Waals surface area contributed by atoms with Crippen molar-refractivity contribution in [3.05, 3.63) is 30.3 Å². The standard InChI is InChI=1S/C10H10N2O.C6H11ClO/c1-8-7-10(13)12(11-8)9-5-3-2-4-6-9;1-6(2,3)4-5(7)8/h2-6H,7H2,1H3;4H2,1-3H3. The Hall–Kier alpha value is -1.68. The number of halogens is 1. The van der Waals surface area contributed by atoms with Crippen molar-refractivity contribution < 1.29 is 9.59 Å². The lowest BCUT2D eigenvalue weighted by molar-refractivity contribution is -0.117. The summed E-state index contributed by atoms with van der Waals surface area (Å²) in [5.41, 5.74) is 1.75. The number of hydrazone groups is 1. The molecule has 0 N–H and O–H groups in total. The minimum Gasteiger partial charge on any atom is -0.281 e. The first-order valence-corrected chi connectivity index (χ1v) is 7.17. The number of para-hydroxylation sites is 1. The smallest absolute Gasteiger partial charge is 0.253 e. The summed E-state index contributed by atoms with van der Waals surface area (Å²) in [6, 6.07) is 9.46. The fourth-order valence-corrected chi connectivity index (χ4v) is 2.14. The van der Waals surface area contributed by atoms with Gasteiger partial charge in [-0.2, -0.15) is 5.10 Å². The third kappa shape index (κ3) is 6.54. The minimum atomic E-state index is -0.252. The summed E-state index contributed by atoms with van der Waals surface area (Å²) in [4.78, 5) is 21.6. The second kappa shape index (κ2) is 7.36. The van der Waals surface area contributed by atoms with Crippen LogP contribution in [0.5, 0.6) is 0 Å². The number of carbonyl (C=O) groups excluding carboxylic acids is 2. The lowest BCUT2D eigenvalue weighted by atomic mass is 9.93. The summed E-state index contributed by atoms with van der Waals surface area (Å²) in [5, 5.41) is 5.34. The fraction of sp³-hybridized carbons (Fsp3) is 0.438. The predicted octanol–water partition coefficient (Wildman–Crippen LogP) is 3.99. The maximum absolute atomic E-state index is 11.4. The van der Waals surface area contributed by atoms with Crippen LogP contribution < -0.4 is 5.01 Å². The average Bonchev–Trinajstić information content (AvgIpc) is 2.67. The van der Waals surface area contributed by atoms with E-state index in [1.807, 2.05) is 58.0 Å². The summed E-state index contributed by atoms with van der Waals surface area (Å²) >= 11 is 5.12. The summed E-state index contributed by atoms with van der Waals surface area (Å²) in [5.74, 6) is 0.0451. The molecule has 1 aromatic rings. The molecule has 2 rings (SSSR count). The van der Waals surface area contributed by atoms with Crippen LogP contribution in [0, 0.1) is 5.41 Å². The number of hydrogen-bond acceptors (Lipinski definition) is 3. The Morgan fingerprint density at radius 1 is 1.29 bits per heavy atom. The maximum atomic E-state index is 11.4. The molecule has 21 heavy (non-hydrogen) atoms. The van der Waals surface area contributed by atoms with Crippen LogP contribution in [0.3, 0.4) is 0 Å². The zero-order valence-corrected chi connectivity index (χ0v) is 13.6. The first-order valence-electron chi connectivity index (χ1n) is 6.79. The number of rotatable bonds is 2. The molecule has 5 heteroatoms. The van der Waals surface area contributed by atoms with Crippen LogP contribution in [0.25, 0.3) is 0 Å². The molecule has 1 aliphatic rings. The summed E-state index contributed by atoms with van der Waals surface area (Å²) < 4.78 is 0. The molecule has 0 saturated heterocycles. The van der Waals surface area contributed by atoms with E-state index >= 15 is 0 Å². The van der Waals surface area contributed by atoms with Crippen molar-refractivity contribution in [2.75, 3.05) is 5.01 Å². The van der Waals surface area contributed by atoms with Crippen molar-refractivity contribution in [2.45, 2.75) is 40.5 Å². The fourth-order valence-electron chi connectivity index (χ4n) is 1.74. The van der Waals surface area contributed by atoms with Crippen LogP contribution in [-0.2, 0) is 9.59 Å². The van der Waals surface area contributed by atoms with E-state index in [0.717, 1.165) is 11.4 Å². The Morgan fingerprint density at radius 3 is 2.19 bits per heavy atom. The molecular formula is C16H21ClN2O2. The summed E-state index contributed by atoms with van der Waals surface area (Å²) in [6.45, 7) is 7.80. The third-order valence-electron chi connectivity index (χ3n) is 2.58. The molecule has 0 fully saturated rings. The van der Waals surface area contributed by atoms with Crippen LogP contribution >= 0.6 is 11.6 Å². The first kappa shape index (κ1) is 17.4. The zero-order valence-electron chi connectivity index (χ0n) is 12.9. The molecule has 114 valence electrons. The van der Waals surface area contributed by atoms with E-state index in [0.29, 0.717) is 12.8 Å². The quantitative estimate of drug-likeness (QED) is 0.776. The van der Waals surface area contributed by atoms with Crippen molar-refractivity contribution >= 4 is 34.1 Å². The van der Waals surface area contributed by atoms with Gasteiger partial charge in [0.2, 0.25) is 5.24 Å². The molecule has 0 radical (unpaired) electrons. The highest BCUT2D eigenvalue weighted by molar-refractivity contribution is 6.63. The molecule has 1 aliphatic heterocycles. The van der Waals surface area contributed by atoms with E-state index in [1.54, 1.807) is 0 Å². The topological polar surface area (TPSA) is 49.7 Å².